The second kappa shape index (κ2) is 6.30. The van der Waals surface area contributed by atoms with Crippen LogP contribution in [-0.4, -0.2) is 17.4 Å². The molecule has 0 saturated heterocycles. The van der Waals surface area contributed by atoms with E-state index >= 15 is 0 Å². The minimum atomic E-state index is -0.227. The molecule has 0 spiro atoms. The second-order valence-electron chi connectivity index (χ2n) is 4.87. The minimum Gasteiger partial charge on any atom is -0.459 e. The van der Waals surface area contributed by atoms with Crippen LogP contribution in [0.1, 0.15) is 22.0 Å². The fraction of sp³-hybridized carbons (Fsp3) is 0.176. The third-order valence-corrected chi connectivity index (χ3v) is 3.31. The van der Waals surface area contributed by atoms with Gasteiger partial charge in [0.15, 0.2) is 5.76 Å². The Bertz CT molecular complexity index is 746. The lowest BCUT2D eigenvalue weighted by atomic mass is 10.2. The first-order valence-corrected chi connectivity index (χ1v) is 7.07. The zero-order chi connectivity index (χ0) is 15.4. The van der Waals surface area contributed by atoms with Crippen molar-refractivity contribution in [1.82, 2.24) is 10.3 Å². The molecule has 5 heteroatoms. The van der Waals surface area contributed by atoms with Gasteiger partial charge in [0.05, 0.1) is 12.0 Å². The average Bonchev–Trinajstić information content (AvgIpc) is 3.18. The van der Waals surface area contributed by atoms with Crippen molar-refractivity contribution in [3.05, 3.63) is 65.9 Å². The fourth-order valence-electron chi connectivity index (χ4n) is 2.15. The van der Waals surface area contributed by atoms with Gasteiger partial charge in [0.25, 0.3) is 5.91 Å². The van der Waals surface area contributed by atoms with Gasteiger partial charge in [-0.2, -0.15) is 0 Å². The van der Waals surface area contributed by atoms with Crippen molar-refractivity contribution in [2.24, 2.45) is 0 Å². The van der Waals surface area contributed by atoms with Gasteiger partial charge in [-0.05, 0) is 31.2 Å². The molecule has 0 aliphatic heterocycles. The largest absolute Gasteiger partial charge is 0.459 e. The summed E-state index contributed by atoms with van der Waals surface area (Å²) in [4.78, 5) is 16.3. The molecule has 3 rings (SSSR count). The zero-order valence-corrected chi connectivity index (χ0v) is 12.2. The van der Waals surface area contributed by atoms with Crippen LogP contribution in [0.3, 0.4) is 0 Å². The molecule has 0 bridgehead atoms. The highest BCUT2D eigenvalue weighted by Crippen LogP contribution is 2.21. The molecule has 1 aromatic carbocycles. The van der Waals surface area contributed by atoms with Crippen LogP contribution in [0.4, 0.5) is 0 Å². The number of amides is 1. The van der Waals surface area contributed by atoms with E-state index in [1.165, 1.54) is 6.26 Å². The monoisotopic (exact) mass is 296 g/mol. The fourth-order valence-corrected chi connectivity index (χ4v) is 2.15. The number of aromatic nitrogens is 1. The molecular weight excluding hydrogens is 280 g/mol. The highest BCUT2D eigenvalue weighted by molar-refractivity contribution is 5.91. The van der Waals surface area contributed by atoms with Crippen molar-refractivity contribution in [2.45, 2.75) is 13.3 Å². The van der Waals surface area contributed by atoms with Gasteiger partial charge in [-0.3, -0.25) is 4.79 Å². The predicted molar refractivity (Wildman–Crippen MR) is 81.4 cm³/mol. The van der Waals surface area contributed by atoms with Crippen molar-refractivity contribution in [3.63, 3.8) is 0 Å². The Morgan fingerprint density at radius 3 is 2.73 bits per heavy atom. The predicted octanol–water partition coefficient (Wildman–Crippen LogP) is 3.22. The summed E-state index contributed by atoms with van der Waals surface area (Å²) < 4.78 is 10.7. The molecule has 0 unspecified atom stereocenters. The third-order valence-electron chi connectivity index (χ3n) is 3.31. The first-order valence-electron chi connectivity index (χ1n) is 7.07. The van der Waals surface area contributed by atoms with Gasteiger partial charge in [0.1, 0.15) is 5.76 Å². The smallest absolute Gasteiger partial charge is 0.286 e. The maximum Gasteiger partial charge on any atom is 0.286 e. The van der Waals surface area contributed by atoms with Crippen LogP contribution in [0.15, 0.2) is 57.6 Å². The van der Waals surface area contributed by atoms with Gasteiger partial charge in [0.2, 0.25) is 5.89 Å². The summed E-state index contributed by atoms with van der Waals surface area (Å²) >= 11 is 0. The number of hydrogen-bond acceptors (Lipinski definition) is 4. The van der Waals surface area contributed by atoms with E-state index in [1.54, 1.807) is 12.1 Å². The Kier molecular flexibility index (Phi) is 4.05. The maximum absolute atomic E-state index is 11.8. The Hall–Kier alpha value is -2.82. The second-order valence-corrected chi connectivity index (χ2v) is 4.87. The number of benzene rings is 1. The van der Waals surface area contributed by atoms with E-state index in [-0.39, 0.29) is 5.91 Å². The van der Waals surface area contributed by atoms with Crippen LogP contribution in [0.2, 0.25) is 0 Å². The lowest BCUT2D eigenvalue weighted by Gasteiger charge is -2.01. The van der Waals surface area contributed by atoms with Gasteiger partial charge in [0, 0.05) is 18.5 Å². The number of furan rings is 1. The lowest BCUT2D eigenvalue weighted by Crippen LogP contribution is -2.25. The molecule has 0 aliphatic rings. The molecule has 0 fully saturated rings. The Labute approximate surface area is 128 Å². The van der Waals surface area contributed by atoms with E-state index in [9.17, 15) is 4.79 Å². The molecule has 0 aliphatic carbocycles. The molecule has 0 radical (unpaired) electrons. The van der Waals surface area contributed by atoms with E-state index in [1.807, 2.05) is 37.3 Å². The van der Waals surface area contributed by atoms with E-state index in [0.717, 1.165) is 17.0 Å². The Morgan fingerprint density at radius 1 is 1.18 bits per heavy atom. The third kappa shape index (κ3) is 3.09. The number of carbonyl (C=O) groups is 1. The number of nitrogens with zero attached hydrogens (tertiary/aromatic N) is 1. The number of oxazole rings is 1. The SMILES string of the molecule is Cc1oc(-c2ccccc2)nc1CCNC(=O)c1ccco1. The summed E-state index contributed by atoms with van der Waals surface area (Å²) in [6, 6.07) is 13.1. The van der Waals surface area contributed by atoms with Crippen molar-refractivity contribution in [1.29, 1.82) is 0 Å². The molecule has 0 atom stereocenters. The van der Waals surface area contributed by atoms with Crippen molar-refractivity contribution < 1.29 is 13.6 Å². The van der Waals surface area contributed by atoms with Crippen LogP contribution in [-0.2, 0) is 6.42 Å². The summed E-state index contributed by atoms with van der Waals surface area (Å²) in [7, 11) is 0. The number of rotatable bonds is 5. The van der Waals surface area contributed by atoms with Gasteiger partial charge in [-0.15, -0.1) is 0 Å². The molecule has 22 heavy (non-hydrogen) atoms. The summed E-state index contributed by atoms with van der Waals surface area (Å²) in [6.45, 7) is 2.35. The molecule has 2 aromatic heterocycles. The first kappa shape index (κ1) is 14.1. The molecule has 5 nitrogen and oxygen atoms in total. The lowest BCUT2D eigenvalue weighted by molar-refractivity contribution is 0.0926. The van der Waals surface area contributed by atoms with E-state index in [4.69, 9.17) is 8.83 Å². The van der Waals surface area contributed by atoms with Crippen LogP contribution in [0.5, 0.6) is 0 Å². The highest BCUT2D eigenvalue weighted by Gasteiger charge is 2.12. The number of hydrogen-bond donors (Lipinski definition) is 1. The van der Waals surface area contributed by atoms with E-state index in [0.29, 0.717) is 24.6 Å². The van der Waals surface area contributed by atoms with Gasteiger partial charge in [-0.25, -0.2) is 4.98 Å². The number of carbonyl (C=O) groups excluding carboxylic acids is 1. The van der Waals surface area contributed by atoms with Crippen LogP contribution in [0.25, 0.3) is 11.5 Å². The summed E-state index contributed by atoms with van der Waals surface area (Å²) in [5, 5.41) is 2.80. The topological polar surface area (TPSA) is 68.3 Å². The molecule has 1 amide bonds. The molecular formula is C17H16N2O3. The van der Waals surface area contributed by atoms with Crippen LogP contribution in [0, 0.1) is 6.92 Å². The maximum atomic E-state index is 11.8. The van der Waals surface area contributed by atoms with Gasteiger partial charge < -0.3 is 14.2 Å². The highest BCUT2D eigenvalue weighted by atomic mass is 16.4. The molecule has 112 valence electrons. The Morgan fingerprint density at radius 2 is 2.00 bits per heavy atom. The average molecular weight is 296 g/mol. The van der Waals surface area contributed by atoms with E-state index < -0.39 is 0 Å². The van der Waals surface area contributed by atoms with Crippen LogP contribution < -0.4 is 5.32 Å². The molecule has 3 aromatic rings. The molecule has 0 saturated carbocycles. The standard InChI is InChI=1S/C17H16N2O3/c1-12-14(9-10-18-16(20)15-8-5-11-21-15)19-17(22-12)13-6-3-2-4-7-13/h2-8,11H,9-10H2,1H3,(H,18,20). The van der Waals surface area contributed by atoms with Crippen molar-refractivity contribution in [3.8, 4) is 11.5 Å². The van der Waals surface area contributed by atoms with Crippen molar-refractivity contribution >= 4 is 5.91 Å². The first-order chi connectivity index (χ1) is 10.7. The number of aryl methyl sites for hydroxylation is 1. The van der Waals surface area contributed by atoms with E-state index in [2.05, 4.69) is 10.3 Å². The molecule has 1 N–H and O–H groups in total. The van der Waals surface area contributed by atoms with Crippen molar-refractivity contribution in [2.75, 3.05) is 6.54 Å². The minimum absolute atomic E-state index is 0.227. The van der Waals surface area contributed by atoms with Crippen LogP contribution >= 0.6 is 0 Å². The van der Waals surface area contributed by atoms with Gasteiger partial charge in [-0.1, -0.05) is 18.2 Å². The van der Waals surface area contributed by atoms with Gasteiger partial charge >= 0.3 is 0 Å². The summed E-state index contributed by atoms with van der Waals surface area (Å²) in [5.41, 5.74) is 1.79. The quantitative estimate of drug-likeness (QED) is 0.785. The summed E-state index contributed by atoms with van der Waals surface area (Å²) in [6.07, 6.45) is 2.08. The summed E-state index contributed by atoms with van der Waals surface area (Å²) in [5.74, 6) is 1.45. The Balaban J connectivity index is 1.61. The normalized spacial score (nSPS) is 10.6. The number of nitrogens with one attached hydrogen (secondary N) is 1. The zero-order valence-electron chi connectivity index (χ0n) is 12.2. The molecule has 2 heterocycles.